The molecule has 52 heavy (non-hydrogen) atoms. The van der Waals surface area contributed by atoms with E-state index in [4.69, 9.17) is 15.5 Å². The number of benzene rings is 2. The molecule has 0 saturated heterocycles. The van der Waals surface area contributed by atoms with E-state index in [1.165, 1.54) is 19.4 Å². The Morgan fingerprint density at radius 2 is 1.83 bits per heavy atom. The molecule has 0 atom stereocenters. The molecule has 4 aromatic rings. The fourth-order valence-corrected chi connectivity index (χ4v) is 8.82. The minimum Gasteiger partial charge on any atom is -0.496 e. The number of carbonyl (C=O) groups excluding carboxylic acids is 1. The van der Waals surface area contributed by atoms with Crippen molar-refractivity contribution in [2.24, 2.45) is 23.6 Å². The van der Waals surface area contributed by atoms with Crippen LogP contribution in [0.2, 0.25) is 0 Å². The van der Waals surface area contributed by atoms with Gasteiger partial charge in [-0.2, -0.15) is 0 Å². The lowest BCUT2D eigenvalue weighted by Crippen LogP contribution is -2.34. The number of ether oxygens (including phenoxy) is 1. The molecule has 2 saturated carbocycles. The number of aliphatic carboxylic acids is 1. The average molecular weight is 707 g/mol. The molecule has 3 aliphatic rings. The Morgan fingerprint density at radius 3 is 2.52 bits per heavy atom. The topological polar surface area (TPSA) is 136 Å². The molecule has 2 aliphatic carbocycles. The molecule has 10 nitrogen and oxygen atoms in total. The number of nitrogens with one attached hydrogen (secondary N) is 1. The molecule has 7 rings (SSSR count). The average Bonchev–Trinajstić information content (AvgIpc) is 3.83. The molecule has 0 spiro atoms. The number of fused-ring (bicyclic) bond motifs is 3. The zero-order valence-corrected chi connectivity index (χ0v) is 30.4. The van der Waals surface area contributed by atoms with Crippen molar-refractivity contribution >= 4 is 29.5 Å². The lowest BCUT2D eigenvalue weighted by atomic mass is 9.80. The second kappa shape index (κ2) is 13.9. The van der Waals surface area contributed by atoms with E-state index < -0.39 is 17.2 Å². The van der Waals surface area contributed by atoms with Crippen molar-refractivity contribution in [2.75, 3.05) is 25.5 Å². The number of anilines is 1. The summed E-state index contributed by atoms with van der Waals surface area (Å²) in [6.45, 7) is 6.65. The predicted molar refractivity (Wildman–Crippen MR) is 199 cm³/mol. The third kappa shape index (κ3) is 6.41. The van der Waals surface area contributed by atoms with Crippen molar-refractivity contribution in [1.82, 2.24) is 19.4 Å². The van der Waals surface area contributed by atoms with E-state index in [9.17, 15) is 14.7 Å². The second-order valence-electron chi connectivity index (χ2n) is 15.0. The van der Waals surface area contributed by atoms with E-state index in [-0.39, 0.29) is 23.6 Å². The van der Waals surface area contributed by atoms with Crippen molar-refractivity contribution in [3.63, 3.8) is 0 Å². The predicted octanol–water partition coefficient (Wildman–Crippen LogP) is 7.07. The largest absolute Gasteiger partial charge is 0.496 e. The van der Waals surface area contributed by atoms with Gasteiger partial charge in [0.2, 0.25) is 0 Å². The number of aromatic nitrogens is 3. The number of carboxylic acid groups (broad SMARTS) is 1. The molecule has 2 aromatic carbocycles. The van der Waals surface area contributed by atoms with Gasteiger partial charge in [-0.15, -0.1) is 0 Å². The molecular formula is C41H47FN6O4. The summed E-state index contributed by atoms with van der Waals surface area (Å²) in [7, 11) is 3.42. The Hall–Kier alpha value is -4.87. The highest BCUT2D eigenvalue weighted by atomic mass is 19.1. The van der Waals surface area contributed by atoms with Gasteiger partial charge in [0.05, 0.1) is 18.2 Å². The maximum atomic E-state index is 15.5. The number of imidazole rings is 1. The molecule has 4 N–H and O–H groups in total. The van der Waals surface area contributed by atoms with Crippen LogP contribution in [0.3, 0.4) is 0 Å². The van der Waals surface area contributed by atoms with Crippen LogP contribution in [0.15, 0.2) is 48.7 Å². The maximum Gasteiger partial charge on any atom is 0.309 e. The summed E-state index contributed by atoms with van der Waals surface area (Å²) in [5, 5.41) is 12.9. The molecule has 0 radical (unpaired) electrons. The molecule has 2 fully saturated rings. The van der Waals surface area contributed by atoms with Crippen LogP contribution >= 0.6 is 0 Å². The summed E-state index contributed by atoms with van der Waals surface area (Å²) in [4.78, 5) is 37.1. The van der Waals surface area contributed by atoms with E-state index >= 15 is 4.39 Å². The number of pyridine rings is 1. The number of methoxy groups -OCH3 is 1. The number of rotatable bonds is 11. The molecule has 2 aromatic heterocycles. The number of carboxylic acids is 1. The van der Waals surface area contributed by atoms with Crippen molar-refractivity contribution in [2.45, 2.75) is 71.9 Å². The summed E-state index contributed by atoms with van der Waals surface area (Å²) in [5.74, 6) is -0.524. The SMILES string of the molecule is COc1cc(/C(F)=C/c2cccc(-c3cccc(NC(=O)c4nc5c(n4C)CCN(CCC46CCC(C(=O)O)(CC4)C6)C5)c3C)c2C)ncc1CN. The standard InChI is InChI=1S/C41H47FN6O4/c1-25-27(19-31(42)33-20-36(52-4)28(21-43)22-44-33)7-5-8-29(25)30-9-6-10-32(26(30)2)46-38(49)37-45-34-23-48(17-11-35(34)47(37)3)18-16-40-12-14-41(24-40,15-13-40)39(50)51/h5-10,19-20,22H,11-18,21,23-24,43H2,1-4H3,(H,46,49)(H,50,51)/b31-19-. The van der Waals surface area contributed by atoms with E-state index in [1.54, 1.807) is 6.07 Å². The number of hydrogen-bond acceptors (Lipinski definition) is 7. The molecule has 1 aliphatic heterocycles. The third-order valence-electron chi connectivity index (χ3n) is 12.1. The van der Waals surface area contributed by atoms with Crippen LogP contribution in [-0.2, 0) is 31.4 Å². The molecule has 2 bridgehead atoms. The number of carbonyl (C=O) groups is 2. The van der Waals surface area contributed by atoms with Crippen LogP contribution in [0, 0.1) is 24.7 Å². The fourth-order valence-electron chi connectivity index (χ4n) is 8.82. The number of nitrogens with two attached hydrogens (primary N) is 1. The first-order valence-corrected chi connectivity index (χ1v) is 18.1. The van der Waals surface area contributed by atoms with Gasteiger partial charge in [0.1, 0.15) is 17.3 Å². The lowest BCUT2D eigenvalue weighted by Gasteiger charge is -2.32. The zero-order valence-electron chi connectivity index (χ0n) is 30.4. The smallest absolute Gasteiger partial charge is 0.309 e. The summed E-state index contributed by atoms with van der Waals surface area (Å²) in [6.07, 6.45) is 9.24. The van der Waals surface area contributed by atoms with Crippen LogP contribution in [0.1, 0.15) is 88.5 Å². The third-order valence-corrected chi connectivity index (χ3v) is 12.1. The van der Waals surface area contributed by atoms with E-state index in [2.05, 4.69) is 15.2 Å². The minimum atomic E-state index is -0.620. The highest BCUT2D eigenvalue weighted by molar-refractivity contribution is 6.03. The van der Waals surface area contributed by atoms with Crippen molar-refractivity contribution in [3.05, 3.63) is 93.8 Å². The first-order chi connectivity index (χ1) is 25.0. The second-order valence-corrected chi connectivity index (χ2v) is 15.0. The Morgan fingerprint density at radius 1 is 1.10 bits per heavy atom. The Kier molecular flexibility index (Phi) is 9.52. The minimum absolute atomic E-state index is 0.149. The van der Waals surface area contributed by atoms with Crippen LogP contribution in [0.5, 0.6) is 5.75 Å². The van der Waals surface area contributed by atoms with Gasteiger partial charge in [-0.1, -0.05) is 30.3 Å². The van der Waals surface area contributed by atoms with Crippen molar-refractivity contribution in [3.8, 4) is 16.9 Å². The van der Waals surface area contributed by atoms with Gasteiger partial charge >= 0.3 is 5.97 Å². The molecule has 272 valence electrons. The fraction of sp³-hybridized carbons (Fsp3) is 0.415. The number of hydrogen-bond donors (Lipinski definition) is 3. The monoisotopic (exact) mass is 706 g/mol. The van der Waals surface area contributed by atoms with E-state index in [1.807, 2.05) is 61.9 Å². The van der Waals surface area contributed by atoms with E-state index in [0.29, 0.717) is 34.9 Å². The lowest BCUT2D eigenvalue weighted by molar-refractivity contribution is -0.148. The molecule has 11 heteroatoms. The van der Waals surface area contributed by atoms with Crippen LogP contribution in [0.4, 0.5) is 10.1 Å². The van der Waals surface area contributed by atoms with Crippen LogP contribution in [-0.4, -0.2) is 56.6 Å². The van der Waals surface area contributed by atoms with Gasteiger partial charge in [-0.05, 0) is 104 Å². The molecule has 1 amide bonds. The van der Waals surface area contributed by atoms with Gasteiger partial charge in [-0.3, -0.25) is 19.5 Å². The van der Waals surface area contributed by atoms with Crippen LogP contribution in [0.25, 0.3) is 23.0 Å². The molecule has 3 heterocycles. The van der Waals surface area contributed by atoms with E-state index in [0.717, 1.165) is 91.7 Å². The normalized spacial score (nSPS) is 21.3. The van der Waals surface area contributed by atoms with Gasteiger partial charge in [-0.25, -0.2) is 9.37 Å². The van der Waals surface area contributed by atoms with Gasteiger partial charge in [0.15, 0.2) is 5.82 Å². The summed E-state index contributed by atoms with van der Waals surface area (Å²) in [5.41, 5.74) is 13.3. The highest BCUT2D eigenvalue weighted by Crippen LogP contribution is 2.63. The first-order valence-electron chi connectivity index (χ1n) is 18.1. The number of amides is 1. The zero-order chi connectivity index (χ0) is 36.8. The number of nitrogens with zero attached hydrogens (tertiary/aromatic N) is 4. The maximum absolute atomic E-state index is 15.5. The van der Waals surface area contributed by atoms with Gasteiger partial charge < -0.3 is 25.5 Å². The quantitative estimate of drug-likeness (QED) is 0.151. The van der Waals surface area contributed by atoms with Gasteiger partial charge in [0, 0.05) is 62.3 Å². The Bertz CT molecular complexity index is 2080. The van der Waals surface area contributed by atoms with Crippen molar-refractivity contribution in [1.29, 1.82) is 0 Å². The first kappa shape index (κ1) is 35.5. The molecular weight excluding hydrogens is 659 g/mol. The Balaban J connectivity index is 1.05. The van der Waals surface area contributed by atoms with Crippen LogP contribution < -0.4 is 15.8 Å². The summed E-state index contributed by atoms with van der Waals surface area (Å²) in [6, 6.07) is 13.1. The molecule has 0 unspecified atom stereocenters. The summed E-state index contributed by atoms with van der Waals surface area (Å²) < 4.78 is 22.8. The summed E-state index contributed by atoms with van der Waals surface area (Å²) >= 11 is 0. The highest BCUT2D eigenvalue weighted by Gasteiger charge is 2.57. The van der Waals surface area contributed by atoms with Crippen molar-refractivity contribution < 1.29 is 23.8 Å². The van der Waals surface area contributed by atoms with Gasteiger partial charge in [0.25, 0.3) is 5.91 Å². The number of halogens is 1. The Labute approximate surface area is 303 Å².